The molecule has 0 saturated carbocycles. The SMILES string of the molecule is COCCn1c(=NC(=O)CCc2ccccc2)sc2ccc(Cl)c(C)c21. The lowest BCUT2D eigenvalue weighted by Crippen LogP contribution is -2.19. The molecule has 2 aromatic carbocycles. The number of aromatic nitrogens is 1. The van der Waals surface area contributed by atoms with Crippen LogP contribution in [0.4, 0.5) is 0 Å². The van der Waals surface area contributed by atoms with E-state index in [0.29, 0.717) is 35.8 Å². The maximum Gasteiger partial charge on any atom is 0.248 e. The highest BCUT2D eigenvalue weighted by molar-refractivity contribution is 7.16. The predicted molar refractivity (Wildman–Crippen MR) is 107 cm³/mol. The minimum Gasteiger partial charge on any atom is -0.383 e. The minimum absolute atomic E-state index is 0.115. The van der Waals surface area contributed by atoms with Crippen LogP contribution >= 0.6 is 22.9 Å². The number of aryl methyl sites for hydroxylation is 2. The summed E-state index contributed by atoms with van der Waals surface area (Å²) in [6, 6.07) is 13.8. The molecule has 0 atom stereocenters. The molecule has 0 bridgehead atoms. The highest BCUT2D eigenvalue weighted by Crippen LogP contribution is 2.27. The number of ether oxygens (including phenoxy) is 1. The van der Waals surface area contributed by atoms with Gasteiger partial charge in [0.05, 0.1) is 16.8 Å². The highest BCUT2D eigenvalue weighted by Gasteiger charge is 2.12. The Morgan fingerprint density at radius 2 is 2.00 bits per heavy atom. The van der Waals surface area contributed by atoms with Crippen molar-refractivity contribution in [2.75, 3.05) is 13.7 Å². The molecule has 0 saturated heterocycles. The van der Waals surface area contributed by atoms with Gasteiger partial charge in [-0.2, -0.15) is 4.99 Å². The standard InChI is InChI=1S/C20H21ClN2O2S/c1-14-16(21)9-10-17-19(14)23(12-13-25-2)20(26-17)22-18(24)11-8-15-6-4-3-5-7-15/h3-7,9-10H,8,11-13H2,1-2H3. The fourth-order valence-corrected chi connectivity index (χ4v) is 4.13. The molecular weight excluding hydrogens is 368 g/mol. The molecular formula is C20H21ClN2O2S. The Bertz CT molecular complexity index is 977. The third-order valence-electron chi connectivity index (χ3n) is 4.24. The molecule has 1 aromatic heterocycles. The number of fused-ring (bicyclic) bond motifs is 1. The number of hydrogen-bond donors (Lipinski definition) is 0. The van der Waals surface area contributed by atoms with E-state index in [4.69, 9.17) is 16.3 Å². The maximum absolute atomic E-state index is 12.4. The van der Waals surface area contributed by atoms with Gasteiger partial charge in [-0.05, 0) is 36.6 Å². The summed E-state index contributed by atoms with van der Waals surface area (Å²) in [6.07, 6.45) is 1.08. The number of halogens is 1. The number of benzene rings is 2. The maximum atomic E-state index is 12.4. The van der Waals surface area contributed by atoms with Gasteiger partial charge in [-0.25, -0.2) is 0 Å². The fraction of sp³-hybridized carbons (Fsp3) is 0.300. The van der Waals surface area contributed by atoms with Gasteiger partial charge in [-0.1, -0.05) is 53.3 Å². The molecule has 0 spiro atoms. The predicted octanol–water partition coefficient (Wildman–Crippen LogP) is 4.37. The van der Waals surface area contributed by atoms with Crippen LogP contribution in [-0.4, -0.2) is 24.2 Å². The van der Waals surface area contributed by atoms with Crippen LogP contribution in [0.2, 0.25) is 5.02 Å². The molecule has 26 heavy (non-hydrogen) atoms. The second-order valence-corrected chi connectivity index (χ2v) is 7.46. The number of amides is 1. The van der Waals surface area contributed by atoms with Crippen molar-refractivity contribution >= 4 is 39.1 Å². The average Bonchev–Trinajstić information content (AvgIpc) is 3.00. The van der Waals surface area contributed by atoms with Gasteiger partial charge in [0.15, 0.2) is 4.80 Å². The van der Waals surface area contributed by atoms with Gasteiger partial charge < -0.3 is 9.30 Å². The first-order valence-electron chi connectivity index (χ1n) is 8.49. The van der Waals surface area contributed by atoms with Crippen LogP contribution in [0.25, 0.3) is 10.2 Å². The second-order valence-electron chi connectivity index (χ2n) is 6.04. The number of nitrogens with zero attached hydrogens (tertiary/aromatic N) is 2. The molecule has 1 heterocycles. The molecule has 4 nitrogen and oxygen atoms in total. The van der Waals surface area contributed by atoms with Crippen LogP contribution < -0.4 is 4.80 Å². The Labute approximate surface area is 161 Å². The van der Waals surface area contributed by atoms with Crippen LogP contribution in [-0.2, 0) is 22.5 Å². The lowest BCUT2D eigenvalue weighted by atomic mass is 10.1. The third-order valence-corrected chi connectivity index (χ3v) is 5.69. The van der Waals surface area contributed by atoms with Crippen LogP contribution in [0.1, 0.15) is 17.5 Å². The molecule has 1 amide bonds. The zero-order valence-corrected chi connectivity index (χ0v) is 16.4. The molecule has 0 unspecified atom stereocenters. The van der Waals surface area contributed by atoms with Crippen LogP contribution in [0.3, 0.4) is 0 Å². The molecule has 3 aromatic rings. The van der Waals surface area contributed by atoms with Crippen LogP contribution in [0.15, 0.2) is 47.5 Å². The van der Waals surface area contributed by atoms with Gasteiger partial charge in [0, 0.05) is 25.1 Å². The van der Waals surface area contributed by atoms with Crippen LogP contribution in [0, 0.1) is 6.92 Å². The van der Waals surface area contributed by atoms with Gasteiger partial charge >= 0.3 is 0 Å². The Morgan fingerprint density at radius 3 is 2.73 bits per heavy atom. The van der Waals surface area contributed by atoms with Gasteiger partial charge in [-0.15, -0.1) is 0 Å². The number of carbonyl (C=O) groups is 1. The van der Waals surface area contributed by atoms with Crippen molar-refractivity contribution < 1.29 is 9.53 Å². The molecule has 0 aliphatic heterocycles. The molecule has 136 valence electrons. The Hall–Kier alpha value is -1.95. The van der Waals surface area contributed by atoms with E-state index in [1.54, 1.807) is 7.11 Å². The first-order valence-corrected chi connectivity index (χ1v) is 9.68. The quantitative estimate of drug-likeness (QED) is 0.629. The Morgan fingerprint density at radius 1 is 1.23 bits per heavy atom. The Kier molecular flexibility index (Phi) is 6.25. The molecule has 3 rings (SSSR count). The largest absolute Gasteiger partial charge is 0.383 e. The van der Waals surface area contributed by atoms with Crippen molar-refractivity contribution in [3.8, 4) is 0 Å². The van der Waals surface area contributed by atoms with Crippen molar-refractivity contribution in [2.24, 2.45) is 4.99 Å². The smallest absolute Gasteiger partial charge is 0.248 e. The van der Waals surface area contributed by atoms with Gasteiger partial charge in [0.1, 0.15) is 0 Å². The lowest BCUT2D eigenvalue weighted by Gasteiger charge is -2.07. The van der Waals surface area contributed by atoms with Crippen molar-refractivity contribution in [3.05, 3.63) is 63.4 Å². The number of rotatable bonds is 6. The minimum atomic E-state index is -0.115. The van der Waals surface area contributed by atoms with E-state index in [9.17, 15) is 4.79 Å². The molecule has 0 aliphatic rings. The van der Waals surface area contributed by atoms with E-state index in [2.05, 4.69) is 4.99 Å². The third kappa shape index (κ3) is 4.23. The van der Waals surface area contributed by atoms with Crippen molar-refractivity contribution in [1.82, 2.24) is 4.57 Å². The van der Waals surface area contributed by atoms with E-state index in [0.717, 1.165) is 21.3 Å². The van der Waals surface area contributed by atoms with Crippen molar-refractivity contribution in [2.45, 2.75) is 26.3 Å². The van der Waals surface area contributed by atoms with Gasteiger partial charge in [0.2, 0.25) is 5.91 Å². The number of carbonyl (C=O) groups excluding carboxylic acids is 1. The summed E-state index contributed by atoms with van der Waals surface area (Å²) < 4.78 is 8.32. The van der Waals surface area contributed by atoms with E-state index >= 15 is 0 Å². The first kappa shape index (κ1) is 18.8. The average molecular weight is 389 g/mol. The highest BCUT2D eigenvalue weighted by atomic mass is 35.5. The topological polar surface area (TPSA) is 43.6 Å². The number of methoxy groups -OCH3 is 1. The van der Waals surface area contributed by atoms with Crippen molar-refractivity contribution in [1.29, 1.82) is 0 Å². The summed E-state index contributed by atoms with van der Waals surface area (Å²) in [5.74, 6) is -0.115. The molecule has 0 aliphatic carbocycles. The second kappa shape index (κ2) is 8.62. The zero-order valence-electron chi connectivity index (χ0n) is 14.9. The van der Waals surface area contributed by atoms with Gasteiger partial charge in [0.25, 0.3) is 0 Å². The summed E-state index contributed by atoms with van der Waals surface area (Å²) in [7, 11) is 1.66. The first-order chi connectivity index (χ1) is 12.6. The summed E-state index contributed by atoms with van der Waals surface area (Å²) in [5.41, 5.74) is 3.16. The molecule has 0 N–H and O–H groups in total. The van der Waals surface area contributed by atoms with E-state index in [1.807, 2.05) is 54.0 Å². The molecule has 0 radical (unpaired) electrons. The monoisotopic (exact) mass is 388 g/mol. The lowest BCUT2D eigenvalue weighted by molar-refractivity contribution is -0.118. The molecule has 6 heteroatoms. The molecule has 0 fully saturated rings. The number of hydrogen-bond acceptors (Lipinski definition) is 3. The van der Waals surface area contributed by atoms with Crippen molar-refractivity contribution in [3.63, 3.8) is 0 Å². The summed E-state index contributed by atoms with van der Waals surface area (Å²) in [5, 5.41) is 0.712. The van der Waals surface area contributed by atoms with E-state index in [1.165, 1.54) is 11.3 Å². The fourth-order valence-electron chi connectivity index (χ4n) is 2.85. The summed E-state index contributed by atoms with van der Waals surface area (Å²) in [6.45, 7) is 3.16. The number of thiazole rings is 1. The zero-order chi connectivity index (χ0) is 18.5. The van der Waals surface area contributed by atoms with E-state index < -0.39 is 0 Å². The Balaban J connectivity index is 1.93. The summed E-state index contributed by atoms with van der Waals surface area (Å²) in [4.78, 5) is 17.5. The van der Waals surface area contributed by atoms with E-state index in [-0.39, 0.29) is 5.91 Å². The summed E-state index contributed by atoms with van der Waals surface area (Å²) >= 11 is 7.80. The van der Waals surface area contributed by atoms with Crippen LogP contribution in [0.5, 0.6) is 0 Å². The normalized spacial score (nSPS) is 12.0. The van der Waals surface area contributed by atoms with Gasteiger partial charge in [-0.3, -0.25) is 4.79 Å².